The van der Waals surface area contributed by atoms with Crippen LogP contribution in [0.4, 0.5) is 10.2 Å². The van der Waals surface area contributed by atoms with Crippen LogP contribution in [-0.4, -0.2) is 23.3 Å². The Morgan fingerprint density at radius 1 is 1.56 bits per heavy atom. The molecule has 2 amide bonds. The number of primary amides is 1. The predicted octanol–water partition coefficient (Wildman–Crippen LogP) is 0.0589. The smallest absolute Gasteiger partial charge is 0.229 e. The number of halogens is 1. The lowest BCUT2D eigenvalue weighted by Crippen LogP contribution is -2.29. The molecule has 2 N–H and O–H groups in total. The molecular formula is C10H10FN3O2. The summed E-state index contributed by atoms with van der Waals surface area (Å²) in [7, 11) is 0. The van der Waals surface area contributed by atoms with E-state index in [1.165, 1.54) is 23.1 Å². The number of nitrogens with two attached hydrogens (primary N) is 1. The second-order valence-electron chi connectivity index (χ2n) is 3.63. The van der Waals surface area contributed by atoms with Gasteiger partial charge in [-0.05, 0) is 12.1 Å². The van der Waals surface area contributed by atoms with Gasteiger partial charge in [-0.3, -0.25) is 14.5 Å². The van der Waals surface area contributed by atoms with Gasteiger partial charge >= 0.3 is 0 Å². The van der Waals surface area contributed by atoms with Crippen LogP contribution in [0.3, 0.4) is 0 Å². The van der Waals surface area contributed by atoms with E-state index in [9.17, 15) is 14.0 Å². The lowest BCUT2D eigenvalue weighted by Gasteiger charge is -2.14. The Bertz CT molecular complexity index is 449. The van der Waals surface area contributed by atoms with Gasteiger partial charge in [-0.15, -0.1) is 0 Å². The number of pyridine rings is 1. The van der Waals surface area contributed by atoms with Crippen molar-refractivity contribution in [3.05, 3.63) is 24.1 Å². The number of anilines is 1. The molecule has 0 aromatic carbocycles. The van der Waals surface area contributed by atoms with Crippen molar-refractivity contribution in [3.63, 3.8) is 0 Å². The lowest BCUT2D eigenvalue weighted by molar-refractivity contribution is -0.123. The van der Waals surface area contributed by atoms with Crippen LogP contribution in [0, 0.1) is 11.9 Å². The van der Waals surface area contributed by atoms with Crippen LogP contribution in [0.1, 0.15) is 6.42 Å². The molecule has 2 rings (SSSR count). The first-order valence-electron chi connectivity index (χ1n) is 4.80. The third-order valence-electron chi connectivity index (χ3n) is 2.50. The van der Waals surface area contributed by atoms with Crippen LogP contribution < -0.4 is 10.6 Å². The Hall–Kier alpha value is -1.98. The van der Waals surface area contributed by atoms with Crippen molar-refractivity contribution in [2.75, 3.05) is 11.4 Å². The first kappa shape index (κ1) is 10.5. The first-order chi connectivity index (χ1) is 7.58. The van der Waals surface area contributed by atoms with Gasteiger partial charge in [-0.1, -0.05) is 6.07 Å². The van der Waals surface area contributed by atoms with E-state index in [-0.39, 0.29) is 24.7 Å². The predicted molar refractivity (Wildman–Crippen MR) is 53.8 cm³/mol. The highest BCUT2D eigenvalue weighted by Crippen LogP contribution is 2.23. The number of nitrogens with zero attached hydrogens (tertiary/aromatic N) is 2. The number of rotatable bonds is 2. The van der Waals surface area contributed by atoms with Crippen LogP contribution in [0.5, 0.6) is 0 Å². The standard InChI is InChI=1S/C10H10FN3O2/c11-7-2-1-3-8(13-7)14-5-6(10(12)16)4-9(14)15/h1-3,6H,4-5H2,(H2,12,16). The lowest BCUT2D eigenvalue weighted by atomic mass is 10.1. The van der Waals surface area contributed by atoms with Crippen molar-refractivity contribution in [1.82, 2.24) is 4.98 Å². The second-order valence-corrected chi connectivity index (χ2v) is 3.63. The van der Waals surface area contributed by atoms with Gasteiger partial charge in [0, 0.05) is 13.0 Å². The maximum atomic E-state index is 12.9. The highest BCUT2D eigenvalue weighted by atomic mass is 19.1. The summed E-state index contributed by atoms with van der Waals surface area (Å²) in [4.78, 5) is 27.4. The van der Waals surface area contributed by atoms with Crippen molar-refractivity contribution < 1.29 is 14.0 Å². The number of aromatic nitrogens is 1. The number of hydrogen-bond donors (Lipinski definition) is 1. The average Bonchev–Trinajstić information content (AvgIpc) is 2.60. The van der Waals surface area contributed by atoms with E-state index in [2.05, 4.69) is 4.98 Å². The van der Waals surface area contributed by atoms with Crippen molar-refractivity contribution in [2.45, 2.75) is 6.42 Å². The van der Waals surface area contributed by atoms with E-state index >= 15 is 0 Å². The molecular weight excluding hydrogens is 213 g/mol. The molecule has 6 heteroatoms. The molecule has 84 valence electrons. The molecule has 0 radical (unpaired) electrons. The van der Waals surface area contributed by atoms with Crippen molar-refractivity contribution in [3.8, 4) is 0 Å². The number of carbonyl (C=O) groups is 2. The fourth-order valence-electron chi connectivity index (χ4n) is 1.67. The van der Waals surface area contributed by atoms with Gasteiger partial charge in [0.25, 0.3) is 0 Å². The molecule has 1 fully saturated rings. The van der Waals surface area contributed by atoms with Crippen LogP contribution in [0.15, 0.2) is 18.2 Å². The Kier molecular flexibility index (Phi) is 2.55. The van der Waals surface area contributed by atoms with Crippen LogP contribution in [-0.2, 0) is 9.59 Å². The molecule has 16 heavy (non-hydrogen) atoms. The minimum Gasteiger partial charge on any atom is -0.369 e. The average molecular weight is 223 g/mol. The minimum absolute atomic E-state index is 0.0630. The van der Waals surface area contributed by atoms with Crippen molar-refractivity contribution in [2.24, 2.45) is 11.7 Å². The summed E-state index contributed by atoms with van der Waals surface area (Å²) in [5.41, 5.74) is 5.12. The maximum Gasteiger partial charge on any atom is 0.229 e. The van der Waals surface area contributed by atoms with E-state index in [1.807, 2.05) is 0 Å². The highest BCUT2D eigenvalue weighted by molar-refractivity contribution is 5.99. The first-order valence-corrected chi connectivity index (χ1v) is 4.80. The van der Waals surface area contributed by atoms with E-state index in [4.69, 9.17) is 5.73 Å². The van der Waals surface area contributed by atoms with Gasteiger partial charge in [-0.25, -0.2) is 4.98 Å². The zero-order chi connectivity index (χ0) is 11.7. The van der Waals surface area contributed by atoms with Crippen LogP contribution in [0.2, 0.25) is 0 Å². The van der Waals surface area contributed by atoms with Gasteiger partial charge in [0.05, 0.1) is 5.92 Å². The van der Waals surface area contributed by atoms with E-state index < -0.39 is 17.8 Å². The molecule has 1 aromatic heterocycles. The molecule has 1 saturated heterocycles. The van der Waals surface area contributed by atoms with E-state index in [0.29, 0.717) is 0 Å². The molecule has 0 saturated carbocycles. The second kappa shape index (κ2) is 3.88. The molecule has 1 aromatic rings. The summed E-state index contributed by atoms with van der Waals surface area (Å²) in [6, 6.07) is 4.17. The Morgan fingerprint density at radius 2 is 2.31 bits per heavy atom. The fourth-order valence-corrected chi connectivity index (χ4v) is 1.67. The minimum atomic E-state index is -0.659. The fraction of sp³-hybridized carbons (Fsp3) is 0.300. The summed E-state index contributed by atoms with van der Waals surface area (Å²) in [5, 5.41) is 0. The summed E-state index contributed by atoms with van der Waals surface area (Å²) >= 11 is 0. The van der Waals surface area contributed by atoms with Gasteiger partial charge in [-0.2, -0.15) is 4.39 Å². The Labute approximate surface area is 91.1 Å². The Balaban J connectivity index is 2.23. The molecule has 1 atom stereocenters. The van der Waals surface area contributed by atoms with Crippen LogP contribution in [0.25, 0.3) is 0 Å². The molecule has 1 aliphatic rings. The van der Waals surface area contributed by atoms with Crippen molar-refractivity contribution in [1.29, 1.82) is 0 Å². The molecule has 1 unspecified atom stereocenters. The largest absolute Gasteiger partial charge is 0.369 e. The Morgan fingerprint density at radius 3 is 2.88 bits per heavy atom. The van der Waals surface area contributed by atoms with Gasteiger partial charge < -0.3 is 5.73 Å². The normalized spacial score (nSPS) is 20.2. The quantitative estimate of drug-likeness (QED) is 0.720. The topological polar surface area (TPSA) is 76.3 Å². The van der Waals surface area contributed by atoms with Crippen molar-refractivity contribution >= 4 is 17.6 Å². The summed E-state index contributed by atoms with van der Waals surface area (Å²) in [5.74, 6) is -1.74. The zero-order valence-electron chi connectivity index (χ0n) is 8.39. The van der Waals surface area contributed by atoms with Gasteiger partial charge in [0.1, 0.15) is 5.82 Å². The van der Waals surface area contributed by atoms with Crippen LogP contribution >= 0.6 is 0 Å². The number of hydrogen-bond acceptors (Lipinski definition) is 3. The monoisotopic (exact) mass is 223 g/mol. The van der Waals surface area contributed by atoms with E-state index in [0.717, 1.165) is 0 Å². The van der Waals surface area contributed by atoms with Gasteiger partial charge in [0.2, 0.25) is 17.8 Å². The molecule has 1 aliphatic heterocycles. The SMILES string of the molecule is NC(=O)C1CC(=O)N(c2cccc(F)n2)C1. The summed E-state index contributed by atoms with van der Waals surface area (Å²) in [6.07, 6.45) is 0.0630. The summed E-state index contributed by atoms with van der Waals surface area (Å²) in [6.45, 7) is 0.171. The third kappa shape index (κ3) is 1.86. The highest BCUT2D eigenvalue weighted by Gasteiger charge is 2.34. The molecule has 2 heterocycles. The van der Waals surface area contributed by atoms with E-state index in [1.54, 1.807) is 0 Å². The number of carbonyl (C=O) groups excluding carboxylic acids is 2. The molecule has 0 bridgehead atoms. The molecule has 0 aliphatic carbocycles. The molecule has 0 spiro atoms. The molecule has 5 nitrogen and oxygen atoms in total. The summed E-state index contributed by atoms with van der Waals surface area (Å²) < 4.78 is 12.9. The number of amides is 2. The zero-order valence-corrected chi connectivity index (χ0v) is 8.39. The maximum absolute atomic E-state index is 12.9. The third-order valence-corrected chi connectivity index (χ3v) is 2.50. The van der Waals surface area contributed by atoms with Gasteiger partial charge in [0.15, 0.2) is 0 Å².